The number of aliphatic carboxylic acids is 3. The molecule has 0 fully saturated rings. The van der Waals surface area contributed by atoms with E-state index in [1.54, 1.807) is 0 Å². The predicted octanol–water partition coefficient (Wildman–Crippen LogP) is 7.27. The average molecular weight is 568 g/mol. The van der Waals surface area contributed by atoms with Gasteiger partial charge in [-0.15, -0.1) is 0 Å². The van der Waals surface area contributed by atoms with Crippen molar-refractivity contribution in [3.05, 3.63) is 12.2 Å². The van der Waals surface area contributed by atoms with Crippen LogP contribution in [0.5, 0.6) is 0 Å². The molecule has 2 N–H and O–H groups in total. The number of quaternary nitrogens is 1. The maximum Gasteiger partial charge on any atom is 0.303 e. The van der Waals surface area contributed by atoms with Crippen LogP contribution in [0.2, 0.25) is 0 Å². The zero-order valence-electron chi connectivity index (χ0n) is 25.7. The molecule has 0 aromatic heterocycles. The molecule has 234 valence electrons. The number of allylic oxidation sites excluding steroid dienone is 2. The normalized spacial score (nSPS) is 11.8. The van der Waals surface area contributed by atoms with Crippen molar-refractivity contribution < 1.29 is 34.2 Å². The highest BCUT2D eigenvalue weighted by atomic mass is 16.4. The van der Waals surface area contributed by atoms with Crippen LogP contribution in [0.25, 0.3) is 0 Å². The topological polar surface area (TPSA) is 115 Å². The minimum absolute atomic E-state index is 0.0554. The first-order chi connectivity index (χ1) is 19.3. The molecule has 0 aromatic carbocycles. The fraction of sp³-hybridized carbons (Fsp3) is 0.848. The summed E-state index contributed by atoms with van der Waals surface area (Å²) in [5, 5.41) is 28.9. The van der Waals surface area contributed by atoms with Gasteiger partial charge in [0.1, 0.15) is 0 Å². The number of hydrogen-bond acceptors (Lipinski definition) is 4. The summed E-state index contributed by atoms with van der Waals surface area (Å²) in [6, 6.07) is 0. The number of carboxylic acids is 3. The molecule has 0 radical (unpaired) electrons. The van der Waals surface area contributed by atoms with Crippen LogP contribution in [0.1, 0.15) is 155 Å². The molecule has 0 amide bonds. The molecule has 7 nitrogen and oxygen atoms in total. The van der Waals surface area contributed by atoms with E-state index in [4.69, 9.17) is 10.2 Å². The lowest BCUT2D eigenvalue weighted by molar-refractivity contribution is -0.929. The third-order valence-electron chi connectivity index (χ3n) is 7.95. The predicted molar refractivity (Wildman–Crippen MR) is 161 cm³/mol. The molecule has 40 heavy (non-hydrogen) atoms. The molecule has 0 heterocycles. The lowest BCUT2D eigenvalue weighted by Gasteiger charge is -2.39. The van der Waals surface area contributed by atoms with E-state index in [9.17, 15) is 19.5 Å². The molecule has 0 unspecified atom stereocenters. The van der Waals surface area contributed by atoms with Gasteiger partial charge in [-0.3, -0.25) is 9.59 Å². The van der Waals surface area contributed by atoms with Crippen LogP contribution in [0, 0.1) is 0 Å². The maximum absolute atomic E-state index is 11.0. The van der Waals surface area contributed by atoms with Gasteiger partial charge < -0.3 is 24.6 Å². The number of hydrogen-bond donors (Lipinski definition) is 2. The highest BCUT2D eigenvalue weighted by molar-refractivity contribution is 5.66. The van der Waals surface area contributed by atoms with E-state index in [0.29, 0.717) is 19.3 Å². The van der Waals surface area contributed by atoms with Crippen molar-refractivity contribution in [2.75, 3.05) is 26.2 Å². The summed E-state index contributed by atoms with van der Waals surface area (Å²) in [7, 11) is 0. The van der Waals surface area contributed by atoms with Crippen molar-refractivity contribution in [3.63, 3.8) is 0 Å². The third-order valence-corrected chi connectivity index (χ3v) is 7.95. The van der Waals surface area contributed by atoms with Gasteiger partial charge in [-0.2, -0.15) is 0 Å². The second-order valence-corrected chi connectivity index (χ2v) is 11.7. The van der Waals surface area contributed by atoms with Gasteiger partial charge in [0.05, 0.1) is 26.2 Å². The fourth-order valence-corrected chi connectivity index (χ4v) is 5.54. The molecule has 0 aliphatic rings. The Morgan fingerprint density at radius 3 is 1.32 bits per heavy atom. The van der Waals surface area contributed by atoms with Crippen LogP contribution >= 0.6 is 0 Å². The van der Waals surface area contributed by atoms with E-state index in [2.05, 4.69) is 19.1 Å². The third kappa shape index (κ3) is 26.3. The standard InChI is InChI=1S/C33H61NO6/c1-2-3-4-5-6-7-8-9-10-11-12-13-14-15-16-20-27-34(28-21-17-24-31(35)36,29-22-18-25-32(37)38)30-23-19-26-33(39)40/h14-15H,2-13,16-30H2,1H3,(H2-,35,36,37,38,39,40)/b15-14+. The Morgan fingerprint density at radius 2 is 0.900 bits per heavy atom. The van der Waals surface area contributed by atoms with Crippen molar-refractivity contribution in [2.24, 2.45) is 0 Å². The Bertz CT molecular complexity index is 608. The molecular weight excluding hydrogens is 506 g/mol. The lowest BCUT2D eigenvalue weighted by Crippen LogP contribution is -2.51. The van der Waals surface area contributed by atoms with Crippen LogP contribution in [-0.4, -0.2) is 58.8 Å². The lowest BCUT2D eigenvalue weighted by atomic mass is 10.1. The summed E-state index contributed by atoms with van der Waals surface area (Å²) in [4.78, 5) is 32.8. The summed E-state index contributed by atoms with van der Waals surface area (Å²) in [5.74, 6) is -2.59. The summed E-state index contributed by atoms with van der Waals surface area (Å²) < 4.78 is 0.818. The van der Waals surface area contributed by atoms with Crippen LogP contribution in [0.15, 0.2) is 12.2 Å². The number of rotatable bonds is 31. The van der Waals surface area contributed by atoms with Gasteiger partial charge in [0.15, 0.2) is 0 Å². The quantitative estimate of drug-likeness (QED) is 0.0517. The Kier molecular flexibility index (Phi) is 26.0. The minimum Gasteiger partial charge on any atom is -0.550 e. The van der Waals surface area contributed by atoms with Gasteiger partial charge in [-0.25, -0.2) is 0 Å². The van der Waals surface area contributed by atoms with E-state index in [1.165, 1.54) is 70.6 Å². The Labute approximate surface area is 245 Å². The molecule has 7 heteroatoms. The number of nitrogens with zero attached hydrogens (tertiary/aromatic N) is 1. The van der Waals surface area contributed by atoms with Gasteiger partial charge in [-0.05, 0) is 64.2 Å². The van der Waals surface area contributed by atoms with Crippen molar-refractivity contribution in [2.45, 2.75) is 155 Å². The molecule has 0 saturated heterocycles. The number of carbonyl (C=O) groups excluding carboxylic acids is 1. The van der Waals surface area contributed by atoms with Gasteiger partial charge in [0.25, 0.3) is 0 Å². The van der Waals surface area contributed by atoms with Gasteiger partial charge >= 0.3 is 11.9 Å². The summed E-state index contributed by atoms with van der Waals surface area (Å²) >= 11 is 0. The van der Waals surface area contributed by atoms with Gasteiger partial charge in [0, 0.05) is 25.2 Å². The Morgan fingerprint density at radius 1 is 0.525 bits per heavy atom. The molecule has 0 rings (SSSR count). The summed E-state index contributed by atoms with van der Waals surface area (Å²) in [5.41, 5.74) is 0. The summed E-state index contributed by atoms with van der Waals surface area (Å²) in [6.07, 6.45) is 27.2. The van der Waals surface area contributed by atoms with Crippen LogP contribution in [-0.2, 0) is 14.4 Å². The monoisotopic (exact) mass is 567 g/mol. The second kappa shape index (κ2) is 27.3. The first-order valence-electron chi connectivity index (χ1n) is 16.4. The summed E-state index contributed by atoms with van der Waals surface area (Å²) in [6.45, 7) is 5.77. The Balaban J connectivity index is 4.51. The van der Waals surface area contributed by atoms with Crippen LogP contribution in [0.3, 0.4) is 0 Å². The average Bonchev–Trinajstić information content (AvgIpc) is 2.91. The van der Waals surface area contributed by atoms with E-state index in [1.807, 2.05) is 0 Å². The van der Waals surface area contributed by atoms with Crippen molar-refractivity contribution >= 4 is 17.9 Å². The number of carbonyl (C=O) groups is 3. The minimum atomic E-state index is -1.02. The van der Waals surface area contributed by atoms with Gasteiger partial charge in [-0.1, -0.05) is 83.3 Å². The van der Waals surface area contributed by atoms with Crippen molar-refractivity contribution in [1.29, 1.82) is 0 Å². The van der Waals surface area contributed by atoms with Crippen LogP contribution in [0.4, 0.5) is 0 Å². The highest BCUT2D eigenvalue weighted by Gasteiger charge is 2.26. The molecule has 0 atom stereocenters. The fourth-order valence-electron chi connectivity index (χ4n) is 5.54. The zero-order valence-corrected chi connectivity index (χ0v) is 25.7. The first-order valence-corrected chi connectivity index (χ1v) is 16.4. The zero-order chi connectivity index (χ0) is 29.7. The Hall–Kier alpha value is -1.89. The molecule has 0 aliphatic carbocycles. The van der Waals surface area contributed by atoms with Crippen molar-refractivity contribution in [3.8, 4) is 0 Å². The molecule has 0 saturated carbocycles. The van der Waals surface area contributed by atoms with E-state index in [0.717, 1.165) is 69.2 Å². The van der Waals surface area contributed by atoms with E-state index >= 15 is 0 Å². The molecule has 0 aliphatic heterocycles. The van der Waals surface area contributed by atoms with Gasteiger partial charge in [0.2, 0.25) is 0 Å². The molecule has 0 aromatic rings. The molecule has 0 spiro atoms. The maximum atomic E-state index is 11.0. The largest absolute Gasteiger partial charge is 0.550 e. The second-order valence-electron chi connectivity index (χ2n) is 11.7. The number of carboxylic acid groups (broad SMARTS) is 3. The SMILES string of the molecule is CCCCCCCCCCCCC/C=C/CCC[N+](CCCCC(=O)[O-])(CCCCC(=O)O)CCCCC(=O)O. The van der Waals surface area contributed by atoms with Crippen molar-refractivity contribution in [1.82, 2.24) is 0 Å². The number of unbranched alkanes of at least 4 members (excludes halogenated alkanes) is 15. The van der Waals surface area contributed by atoms with E-state index < -0.39 is 17.9 Å². The highest BCUT2D eigenvalue weighted by Crippen LogP contribution is 2.19. The smallest absolute Gasteiger partial charge is 0.303 e. The first kappa shape index (κ1) is 38.1. The molecular formula is C33H61NO6. The van der Waals surface area contributed by atoms with E-state index in [-0.39, 0.29) is 19.3 Å². The molecule has 0 bridgehead atoms. The van der Waals surface area contributed by atoms with Crippen LogP contribution < -0.4 is 5.11 Å².